The summed E-state index contributed by atoms with van der Waals surface area (Å²) in [7, 11) is 0. The zero-order valence-corrected chi connectivity index (χ0v) is 8.18. The zero-order chi connectivity index (χ0) is 8.81. The van der Waals surface area contributed by atoms with Gasteiger partial charge in [0.05, 0.1) is 0 Å². The smallest absolute Gasteiger partial charge is 0.0218 e. The summed E-state index contributed by atoms with van der Waals surface area (Å²) < 4.78 is 0. The second-order valence-corrected chi connectivity index (χ2v) is 3.80. The van der Waals surface area contributed by atoms with E-state index >= 15 is 0 Å². The molecule has 0 saturated heterocycles. The third-order valence-electron chi connectivity index (χ3n) is 2.94. The van der Waals surface area contributed by atoms with Crippen LogP contribution < -0.4 is 11.1 Å². The first-order valence-corrected chi connectivity index (χ1v) is 5.32. The summed E-state index contributed by atoms with van der Waals surface area (Å²) >= 11 is 0. The Balaban J connectivity index is 2.29. The van der Waals surface area contributed by atoms with Crippen molar-refractivity contribution in [1.82, 2.24) is 5.32 Å². The Bertz CT molecular complexity index is 106. The number of likely N-dealkylation sites (N-methyl/N-ethyl adjacent to an activating group) is 1. The van der Waals surface area contributed by atoms with Crippen LogP contribution in [0.2, 0.25) is 0 Å². The molecule has 0 spiro atoms. The third-order valence-corrected chi connectivity index (χ3v) is 2.94. The summed E-state index contributed by atoms with van der Waals surface area (Å²) in [6.45, 7) is 4.02. The minimum Gasteiger partial charge on any atom is -0.329 e. The van der Waals surface area contributed by atoms with Crippen molar-refractivity contribution < 1.29 is 0 Å². The average molecular weight is 170 g/mol. The third kappa shape index (κ3) is 2.76. The number of rotatable bonds is 4. The van der Waals surface area contributed by atoms with Gasteiger partial charge in [-0.05, 0) is 25.3 Å². The normalized spacial score (nSPS) is 22.5. The molecule has 1 atom stereocenters. The highest BCUT2D eigenvalue weighted by Crippen LogP contribution is 2.25. The predicted molar refractivity (Wildman–Crippen MR) is 53.1 cm³/mol. The molecule has 2 nitrogen and oxygen atoms in total. The van der Waals surface area contributed by atoms with E-state index in [2.05, 4.69) is 12.2 Å². The monoisotopic (exact) mass is 170 g/mol. The fourth-order valence-electron chi connectivity index (χ4n) is 2.24. The van der Waals surface area contributed by atoms with Gasteiger partial charge in [0.25, 0.3) is 0 Å². The largest absolute Gasteiger partial charge is 0.329 e. The molecule has 1 rings (SSSR count). The van der Waals surface area contributed by atoms with Gasteiger partial charge in [-0.3, -0.25) is 0 Å². The standard InChI is InChI=1S/C10H22N2/c1-2-12-10(8-11)9-6-4-3-5-7-9/h9-10,12H,2-8,11H2,1H3. The number of hydrogen-bond acceptors (Lipinski definition) is 2. The van der Waals surface area contributed by atoms with E-state index in [9.17, 15) is 0 Å². The molecule has 1 aliphatic rings. The van der Waals surface area contributed by atoms with Crippen LogP contribution in [-0.4, -0.2) is 19.1 Å². The highest BCUT2D eigenvalue weighted by molar-refractivity contribution is 4.79. The average Bonchev–Trinajstić information content (AvgIpc) is 2.15. The van der Waals surface area contributed by atoms with Gasteiger partial charge in [0.2, 0.25) is 0 Å². The number of hydrogen-bond donors (Lipinski definition) is 2. The quantitative estimate of drug-likeness (QED) is 0.671. The van der Waals surface area contributed by atoms with Gasteiger partial charge >= 0.3 is 0 Å². The van der Waals surface area contributed by atoms with Crippen LogP contribution in [0, 0.1) is 5.92 Å². The summed E-state index contributed by atoms with van der Waals surface area (Å²) in [5.41, 5.74) is 5.73. The lowest BCUT2D eigenvalue weighted by molar-refractivity contribution is 0.275. The van der Waals surface area contributed by atoms with Crippen LogP contribution in [0.1, 0.15) is 39.0 Å². The fourth-order valence-corrected chi connectivity index (χ4v) is 2.24. The molecule has 1 saturated carbocycles. The minimum atomic E-state index is 0.579. The Kier molecular flexibility index (Phi) is 4.62. The van der Waals surface area contributed by atoms with Crippen molar-refractivity contribution in [2.45, 2.75) is 45.1 Å². The van der Waals surface area contributed by atoms with Crippen LogP contribution in [-0.2, 0) is 0 Å². The van der Waals surface area contributed by atoms with Gasteiger partial charge in [0, 0.05) is 12.6 Å². The summed E-state index contributed by atoms with van der Waals surface area (Å²) in [5.74, 6) is 0.851. The minimum absolute atomic E-state index is 0.579. The van der Waals surface area contributed by atoms with Crippen LogP contribution in [0.4, 0.5) is 0 Å². The highest BCUT2D eigenvalue weighted by Gasteiger charge is 2.21. The summed E-state index contributed by atoms with van der Waals surface area (Å²) in [6.07, 6.45) is 7.02. The lowest BCUT2D eigenvalue weighted by Gasteiger charge is -2.29. The molecule has 2 heteroatoms. The first-order chi connectivity index (χ1) is 5.88. The van der Waals surface area contributed by atoms with E-state index in [4.69, 9.17) is 5.73 Å². The molecular formula is C10H22N2. The molecule has 1 fully saturated rings. The molecule has 72 valence electrons. The second kappa shape index (κ2) is 5.55. The Hall–Kier alpha value is -0.0800. The van der Waals surface area contributed by atoms with Crippen molar-refractivity contribution in [3.8, 4) is 0 Å². The molecule has 1 aliphatic carbocycles. The first kappa shape index (κ1) is 10.0. The summed E-state index contributed by atoms with van der Waals surface area (Å²) in [5, 5.41) is 3.48. The van der Waals surface area contributed by atoms with Crippen molar-refractivity contribution >= 4 is 0 Å². The maximum absolute atomic E-state index is 5.73. The molecule has 0 aliphatic heterocycles. The molecule has 0 aromatic heterocycles. The molecule has 3 N–H and O–H groups in total. The lowest BCUT2D eigenvalue weighted by atomic mass is 9.84. The Morgan fingerprint density at radius 1 is 1.33 bits per heavy atom. The number of nitrogens with one attached hydrogen (secondary N) is 1. The van der Waals surface area contributed by atoms with E-state index in [1.165, 1.54) is 32.1 Å². The molecule has 12 heavy (non-hydrogen) atoms. The van der Waals surface area contributed by atoms with Crippen LogP contribution >= 0.6 is 0 Å². The van der Waals surface area contributed by atoms with E-state index in [0.717, 1.165) is 19.0 Å². The topological polar surface area (TPSA) is 38.0 Å². The van der Waals surface area contributed by atoms with Crippen LogP contribution in [0.3, 0.4) is 0 Å². The molecule has 0 heterocycles. The maximum Gasteiger partial charge on any atom is 0.0218 e. The summed E-state index contributed by atoms with van der Waals surface area (Å²) in [6, 6.07) is 0.579. The Labute approximate surface area is 75.9 Å². The first-order valence-electron chi connectivity index (χ1n) is 5.32. The number of nitrogens with two attached hydrogens (primary N) is 1. The molecule has 0 aromatic carbocycles. The predicted octanol–water partition coefficient (Wildman–Crippen LogP) is 1.50. The fraction of sp³-hybridized carbons (Fsp3) is 1.00. The van der Waals surface area contributed by atoms with Gasteiger partial charge in [-0.15, -0.1) is 0 Å². The Morgan fingerprint density at radius 3 is 2.50 bits per heavy atom. The van der Waals surface area contributed by atoms with Crippen molar-refractivity contribution in [1.29, 1.82) is 0 Å². The lowest BCUT2D eigenvalue weighted by Crippen LogP contribution is -2.42. The SMILES string of the molecule is CCNC(CN)C1CCCCC1. The highest BCUT2D eigenvalue weighted by atomic mass is 14.9. The van der Waals surface area contributed by atoms with Gasteiger partial charge in [-0.1, -0.05) is 26.2 Å². The van der Waals surface area contributed by atoms with Gasteiger partial charge in [-0.2, -0.15) is 0 Å². The molecule has 0 aromatic rings. The Morgan fingerprint density at radius 2 is 2.00 bits per heavy atom. The zero-order valence-electron chi connectivity index (χ0n) is 8.18. The van der Waals surface area contributed by atoms with E-state index in [1.54, 1.807) is 0 Å². The van der Waals surface area contributed by atoms with Crippen molar-refractivity contribution in [2.24, 2.45) is 11.7 Å². The van der Waals surface area contributed by atoms with Gasteiger partial charge in [0.15, 0.2) is 0 Å². The molecular weight excluding hydrogens is 148 g/mol. The van der Waals surface area contributed by atoms with Crippen molar-refractivity contribution in [3.63, 3.8) is 0 Å². The van der Waals surface area contributed by atoms with Crippen LogP contribution in [0.15, 0.2) is 0 Å². The summed E-state index contributed by atoms with van der Waals surface area (Å²) in [4.78, 5) is 0. The second-order valence-electron chi connectivity index (χ2n) is 3.80. The van der Waals surface area contributed by atoms with Gasteiger partial charge < -0.3 is 11.1 Å². The van der Waals surface area contributed by atoms with E-state index < -0.39 is 0 Å². The molecule has 0 amide bonds. The molecule has 0 bridgehead atoms. The van der Waals surface area contributed by atoms with Gasteiger partial charge in [-0.25, -0.2) is 0 Å². The van der Waals surface area contributed by atoms with E-state index in [1.807, 2.05) is 0 Å². The van der Waals surface area contributed by atoms with Gasteiger partial charge in [0.1, 0.15) is 0 Å². The van der Waals surface area contributed by atoms with E-state index in [0.29, 0.717) is 6.04 Å². The van der Waals surface area contributed by atoms with Crippen LogP contribution in [0.5, 0.6) is 0 Å². The van der Waals surface area contributed by atoms with E-state index in [-0.39, 0.29) is 0 Å². The maximum atomic E-state index is 5.73. The van der Waals surface area contributed by atoms with Crippen molar-refractivity contribution in [2.75, 3.05) is 13.1 Å². The van der Waals surface area contributed by atoms with Crippen LogP contribution in [0.25, 0.3) is 0 Å². The molecule has 0 radical (unpaired) electrons. The molecule has 1 unspecified atom stereocenters. The van der Waals surface area contributed by atoms with Crippen molar-refractivity contribution in [3.05, 3.63) is 0 Å².